The minimum absolute atomic E-state index is 0.492. The molecule has 0 fully saturated rings. The highest BCUT2D eigenvalue weighted by Gasteiger charge is 2.21. The van der Waals surface area contributed by atoms with E-state index in [0.29, 0.717) is 16.0 Å². The van der Waals surface area contributed by atoms with Gasteiger partial charge in [0.15, 0.2) is 0 Å². The lowest BCUT2D eigenvalue weighted by molar-refractivity contribution is 0.966. The Balaban J connectivity index is 1.61. The largest absolute Gasteiger partial charge is 0.326 e. The molecule has 0 aliphatic carbocycles. The van der Waals surface area contributed by atoms with Crippen LogP contribution in [0.1, 0.15) is 5.56 Å². The summed E-state index contributed by atoms with van der Waals surface area (Å²) in [7, 11) is 0. The minimum Gasteiger partial charge on any atom is -0.326 e. The lowest BCUT2D eigenvalue weighted by Crippen LogP contribution is -2.15. The van der Waals surface area contributed by atoms with E-state index in [1.165, 1.54) is 11.3 Å². The van der Waals surface area contributed by atoms with Crippen molar-refractivity contribution in [1.29, 1.82) is 0 Å². The van der Waals surface area contributed by atoms with Crippen LogP contribution in [-0.2, 0) is 6.42 Å². The Hall–Kier alpha value is -2.30. The zero-order valence-electron chi connectivity index (χ0n) is 12.7. The Morgan fingerprint density at radius 3 is 2.75 bits per heavy atom. The molecule has 0 atom stereocenters. The maximum Gasteiger partial charge on any atom is 0.229 e. The maximum absolute atomic E-state index is 6.05. The number of rotatable bonds is 3. The van der Waals surface area contributed by atoms with Crippen molar-refractivity contribution in [1.82, 2.24) is 9.97 Å². The number of hydrogen-bond donors (Lipinski definition) is 1. The average Bonchev–Trinajstić information content (AvgIpc) is 3.03. The van der Waals surface area contributed by atoms with Gasteiger partial charge in [-0.25, -0.2) is 4.98 Å². The van der Waals surface area contributed by atoms with Gasteiger partial charge in [-0.15, -0.1) is 0 Å². The van der Waals surface area contributed by atoms with Gasteiger partial charge in [0.1, 0.15) is 5.82 Å². The summed E-state index contributed by atoms with van der Waals surface area (Å²) in [6, 6.07) is 15.7. The fourth-order valence-electron chi connectivity index (χ4n) is 2.84. The van der Waals surface area contributed by atoms with E-state index in [0.717, 1.165) is 24.5 Å². The number of halogens is 2. The highest BCUT2D eigenvalue weighted by Crippen LogP contribution is 2.33. The third-order valence-electron chi connectivity index (χ3n) is 3.98. The number of hydrogen-bond acceptors (Lipinski definition) is 4. The minimum atomic E-state index is 0.492. The van der Waals surface area contributed by atoms with Crippen LogP contribution in [0.15, 0.2) is 54.7 Å². The first-order valence-corrected chi connectivity index (χ1v) is 8.37. The summed E-state index contributed by atoms with van der Waals surface area (Å²) >= 11 is 12.0. The number of fused-ring (bicyclic) bond motifs is 1. The van der Waals surface area contributed by atoms with Crippen LogP contribution >= 0.6 is 23.2 Å². The normalized spacial score (nSPS) is 13.0. The Kier molecular flexibility index (Phi) is 4.00. The molecule has 1 aliphatic rings. The van der Waals surface area contributed by atoms with Gasteiger partial charge in [-0.3, -0.25) is 0 Å². The molecule has 4 nitrogen and oxygen atoms in total. The molecule has 3 aromatic rings. The summed E-state index contributed by atoms with van der Waals surface area (Å²) in [6.45, 7) is 0.919. The average molecular weight is 357 g/mol. The molecule has 1 aromatic heterocycles. The first kappa shape index (κ1) is 15.2. The fraction of sp³-hybridized carbons (Fsp3) is 0.111. The predicted molar refractivity (Wildman–Crippen MR) is 98.9 cm³/mol. The van der Waals surface area contributed by atoms with E-state index < -0.39 is 0 Å². The van der Waals surface area contributed by atoms with Crippen molar-refractivity contribution in [3.8, 4) is 0 Å². The van der Waals surface area contributed by atoms with Gasteiger partial charge in [0.05, 0.1) is 10.0 Å². The first-order chi connectivity index (χ1) is 11.7. The smallest absolute Gasteiger partial charge is 0.229 e. The molecule has 0 saturated heterocycles. The Morgan fingerprint density at radius 2 is 1.88 bits per heavy atom. The van der Waals surface area contributed by atoms with Crippen LogP contribution in [0.3, 0.4) is 0 Å². The van der Waals surface area contributed by atoms with Gasteiger partial charge in [-0.1, -0.05) is 41.4 Å². The van der Waals surface area contributed by atoms with Crippen molar-refractivity contribution in [2.24, 2.45) is 0 Å². The monoisotopic (exact) mass is 356 g/mol. The SMILES string of the molecule is Clc1ccc(Nc2nccc(N3CCc4ccccc43)n2)cc1Cl. The van der Waals surface area contributed by atoms with Gasteiger partial charge in [-0.2, -0.15) is 4.98 Å². The van der Waals surface area contributed by atoms with E-state index >= 15 is 0 Å². The molecule has 24 heavy (non-hydrogen) atoms. The van der Waals surface area contributed by atoms with Crippen LogP contribution in [0.4, 0.5) is 23.1 Å². The zero-order chi connectivity index (χ0) is 16.5. The van der Waals surface area contributed by atoms with Crippen LogP contribution in [0.5, 0.6) is 0 Å². The molecule has 1 N–H and O–H groups in total. The third kappa shape index (κ3) is 2.90. The van der Waals surface area contributed by atoms with Crippen LogP contribution < -0.4 is 10.2 Å². The standard InChI is InChI=1S/C18H14Cl2N4/c19-14-6-5-13(11-15(14)20)22-18-21-9-7-17(23-18)24-10-8-12-3-1-2-4-16(12)24/h1-7,9,11H,8,10H2,(H,21,22,23). The second kappa shape index (κ2) is 6.30. The van der Waals surface area contributed by atoms with Crippen molar-refractivity contribution in [2.75, 3.05) is 16.8 Å². The van der Waals surface area contributed by atoms with Crippen LogP contribution in [0, 0.1) is 0 Å². The molecule has 0 unspecified atom stereocenters. The zero-order valence-corrected chi connectivity index (χ0v) is 14.2. The number of anilines is 4. The van der Waals surface area contributed by atoms with Crippen molar-refractivity contribution >= 4 is 46.3 Å². The van der Waals surface area contributed by atoms with Gasteiger partial charge in [0.2, 0.25) is 5.95 Å². The van der Waals surface area contributed by atoms with Crippen molar-refractivity contribution < 1.29 is 0 Å². The number of para-hydroxylation sites is 1. The van der Waals surface area contributed by atoms with Gasteiger partial charge in [-0.05, 0) is 42.3 Å². The summed E-state index contributed by atoms with van der Waals surface area (Å²) in [5.74, 6) is 1.40. The molecule has 0 amide bonds. The van der Waals surface area contributed by atoms with Gasteiger partial charge in [0.25, 0.3) is 0 Å². The van der Waals surface area contributed by atoms with Crippen LogP contribution in [0.2, 0.25) is 10.0 Å². The Morgan fingerprint density at radius 1 is 1.00 bits per heavy atom. The van der Waals surface area contributed by atoms with E-state index in [-0.39, 0.29) is 0 Å². The number of aromatic nitrogens is 2. The molecular weight excluding hydrogens is 343 g/mol. The topological polar surface area (TPSA) is 41.1 Å². The molecule has 0 spiro atoms. The van der Waals surface area contributed by atoms with Gasteiger partial charge in [0, 0.05) is 24.1 Å². The molecule has 120 valence electrons. The molecule has 0 saturated carbocycles. The molecular formula is C18H14Cl2N4. The van der Waals surface area contributed by atoms with Gasteiger partial charge >= 0.3 is 0 Å². The second-order valence-corrected chi connectivity index (χ2v) is 6.34. The predicted octanol–water partition coefficient (Wildman–Crippen LogP) is 5.22. The molecule has 0 radical (unpaired) electrons. The van der Waals surface area contributed by atoms with Crippen LogP contribution in [0.25, 0.3) is 0 Å². The lowest BCUT2D eigenvalue weighted by Gasteiger charge is -2.18. The number of benzene rings is 2. The lowest BCUT2D eigenvalue weighted by atomic mass is 10.2. The molecule has 2 heterocycles. The van der Waals surface area contributed by atoms with Gasteiger partial charge < -0.3 is 10.2 Å². The van der Waals surface area contributed by atoms with Crippen molar-refractivity contribution in [3.63, 3.8) is 0 Å². The third-order valence-corrected chi connectivity index (χ3v) is 4.72. The van der Waals surface area contributed by atoms with Crippen molar-refractivity contribution in [2.45, 2.75) is 6.42 Å². The molecule has 4 rings (SSSR count). The molecule has 0 bridgehead atoms. The molecule has 2 aromatic carbocycles. The number of nitrogens with one attached hydrogen (secondary N) is 1. The highest BCUT2D eigenvalue weighted by atomic mass is 35.5. The van der Waals surface area contributed by atoms with E-state index in [4.69, 9.17) is 23.2 Å². The summed E-state index contributed by atoms with van der Waals surface area (Å²) in [5, 5.41) is 4.18. The molecule has 6 heteroatoms. The highest BCUT2D eigenvalue weighted by molar-refractivity contribution is 6.42. The fourth-order valence-corrected chi connectivity index (χ4v) is 3.14. The van der Waals surface area contributed by atoms with E-state index in [2.05, 4.69) is 38.4 Å². The summed E-state index contributed by atoms with van der Waals surface area (Å²) in [6.07, 6.45) is 2.78. The first-order valence-electron chi connectivity index (χ1n) is 7.61. The maximum atomic E-state index is 6.05. The number of nitrogens with zero attached hydrogens (tertiary/aromatic N) is 3. The van der Waals surface area contributed by atoms with Crippen LogP contribution in [-0.4, -0.2) is 16.5 Å². The Labute approximate surface area is 150 Å². The second-order valence-electron chi connectivity index (χ2n) is 5.52. The summed E-state index contributed by atoms with van der Waals surface area (Å²) in [4.78, 5) is 11.1. The van der Waals surface area contributed by atoms with E-state index in [9.17, 15) is 0 Å². The molecule has 1 aliphatic heterocycles. The van der Waals surface area contributed by atoms with Crippen molar-refractivity contribution in [3.05, 3.63) is 70.3 Å². The Bertz CT molecular complexity index is 898. The van der Waals surface area contributed by atoms with E-state index in [1.54, 1.807) is 18.3 Å². The quantitative estimate of drug-likeness (QED) is 0.698. The van der Waals surface area contributed by atoms with E-state index in [1.807, 2.05) is 18.2 Å². The summed E-state index contributed by atoms with van der Waals surface area (Å²) < 4.78 is 0. The summed E-state index contributed by atoms with van der Waals surface area (Å²) in [5.41, 5.74) is 3.34.